The number of nitrogens with one attached hydrogen (secondary N) is 1. The molecular weight excluding hydrogens is 196 g/mol. The molecule has 3 atom stereocenters. The fourth-order valence-electron chi connectivity index (χ4n) is 3.48. The summed E-state index contributed by atoms with van der Waals surface area (Å²) in [6.45, 7) is 8.65. The van der Waals surface area contributed by atoms with Crippen LogP contribution in [0.2, 0.25) is 0 Å². The maximum atomic E-state index is 3.69. The van der Waals surface area contributed by atoms with Crippen molar-refractivity contribution in [3.8, 4) is 0 Å². The Balaban J connectivity index is 1.83. The fraction of sp³-hybridized carbons (Fsp3) is 1.00. The van der Waals surface area contributed by atoms with Gasteiger partial charge in [0, 0.05) is 18.6 Å². The van der Waals surface area contributed by atoms with Gasteiger partial charge in [0.2, 0.25) is 0 Å². The fourth-order valence-corrected chi connectivity index (χ4v) is 3.48. The van der Waals surface area contributed by atoms with E-state index in [-0.39, 0.29) is 0 Å². The predicted octanol–water partition coefficient (Wildman–Crippen LogP) is 2.64. The zero-order valence-electron chi connectivity index (χ0n) is 11.0. The van der Waals surface area contributed by atoms with Gasteiger partial charge in [0.25, 0.3) is 0 Å². The van der Waals surface area contributed by atoms with E-state index in [2.05, 4.69) is 24.1 Å². The molecule has 2 heteroatoms. The summed E-state index contributed by atoms with van der Waals surface area (Å²) in [7, 11) is 0. The van der Waals surface area contributed by atoms with Crippen LogP contribution in [-0.4, -0.2) is 36.6 Å². The molecular formula is C14H28N2. The van der Waals surface area contributed by atoms with Gasteiger partial charge in [0.05, 0.1) is 0 Å². The predicted molar refractivity (Wildman–Crippen MR) is 69.7 cm³/mol. The summed E-state index contributed by atoms with van der Waals surface area (Å²) in [5, 5.41) is 3.69. The van der Waals surface area contributed by atoms with E-state index in [1.807, 2.05) is 0 Å². The first kappa shape index (κ1) is 12.4. The Morgan fingerprint density at radius 3 is 2.88 bits per heavy atom. The van der Waals surface area contributed by atoms with Gasteiger partial charge >= 0.3 is 0 Å². The largest absolute Gasteiger partial charge is 0.314 e. The third-order valence-electron chi connectivity index (χ3n) is 4.49. The van der Waals surface area contributed by atoms with Gasteiger partial charge in [0.1, 0.15) is 0 Å². The summed E-state index contributed by atoms with van der Waals surface area (Å²) in [6, 6.07) is 1.63. The summed E-state index contributed by atoms with van der Waals surface area (Å²) < 4.78 is 0. The molecule has 2 rings (SSSR count). The zero-order chi connectivity index (χ0) is 11.4. The minimum Gasteiger partial charge on any atom is -0.314 e. The highest BCUT2D eigenvalue weighted by Crippen LogP contribution is 2.26. The SMILES string of the molecule is CCCC(C)N1CCCC(C2CCCN2)C1. The first-order valence-electron chi connectivity index (χ1n) is 7.28. The van der Waals surface area contributed by atoms with Crippen molar-refractivity contribution in [2.75, 3.05) is 19.6 Å². The van der Waals surface area contributed by atoms with E-state index in [1.165, 1.54) is 58.2 Å². The van der Waals surface area contributed by atoms with Crippen molar-refractivity contribution in [3.63, 3.8) is 0 Å². The number of hydrogen-bond acceptors (Lipinski definition) is 2. The van der Waals surface area contributed by atoms with Gasteiger partial charge in [0.15, 0.2) is 0 Å². The molecule has 0 aliphatic carbocycles. The lowest BCUT2D eigenvalue weighted by Crippen LogP contribution is -2.46. The van der Waals surface area contributed by atoms with Crippen molar-refractivity contribution in [2.24, 2.45) is 5.92 Å². The van der Waals surface area contributed by atoms with Crippen LogP contribution in [0.25, 0.3) is 0 Å². The van der Waals surface area contributed by atoms with E-state index in [9.17, 15) is 0 Å². The van der Waals surface area contributed by atoms with Crippen LogP contribution in [0.3, 0.4) is 0 Å². The van der Waals surface area contributed by atoms with Crippen molar-refractivity contribution in [1.29, 1.82) is 0 Å². The lowest BCUT2D eigenvalue weighted by molar-refractivity contribution is 0.110. The highest BCUT2D eigenvalue weighted by molar-refractivity contribution is 4.87. The van der Waals surface area contributed by atoms with Gasteiger partial charge in [-0.15, -0.1) is 0 Å². The average Bonchev–Trinajstić information content (AvgIpc) is 2.83. The Morgan fingerprint density at radius 1 is 1.31 bits per heavy atom. The second-order valence-electron chi connectivity index (χ2n) is 5.74. The van der Waals surface area contributed by atoms with Gasteiger partial charge in [-0.3, -0.25) is 0 Å². The summed E-state index contributed by atoms with van der Waals surface area (Å²) in [4.78, 5) is 2.73. The second-order valence-corrected chi connectivity index (χ2v) is 5.74. The zero-order valence-corrected chi connectivity index (χ0v) is 11.0. The van der Waals surface area contributed by atoms with E-state index in [1.54, 1.807) is 0 Å². The maximum Gasteiger partial charge on any atom is 0.0108 e. The number of likely N-dealkylation sites (tertiary alicyclic amines) is 1. The molecule has 0 aromatic heterocycles. The minimum absolute atomic E-state index is 0.800. The molecule has 2 fully saturated rings. The molecule has 2 heterocycles. The van der Waals surface area contributed by atoms with E-state index in [4.69, 9.17) is 0 Å². The van der Waals surface area contributed by atoms with Crippen molar-refractivity contribution < 1.29 is 0 Å². The van der Waals surface area contributed by atoms with Gasteiger partial charge in [-0.05, 0) is 58.0 Å². The molecule has 3 unspecified atom stereocenters. The molecule has 1 N–H and O–H groups in total. The van der Waals surface area contributed by atoms with Crippen molar-refractivity contribution in [3.05, 3.63) is 0 Å². The van der Waals surface area contributed by atoms with Gasteiger partial charge < -0.3 is 10.2 Å². The van der Waals surface area contributed by atoms with E-state index in [0.29, 0.717) is 0 Å². The number of nitrogens with zero attached hydrogens (tertiary/aromatic N) is 1. The van der Waals surface area contributed by atoms with Gasteiger partial charge in [-0.1, -0.05) is 13.3 Å². The molecule has 2 aliphatic heterocycles. The van der Waals surface area contributed by atoms with Gasteiger partial charge in [-0.2, -0.15) is 0 Å². The standard InChI is InChI=1S/C14H28N2/c1-3-6-12(2)16-10-5-7-13(11-16)14-8-4-9-15-14/h12-15H,3-11H2,1-2H3. The quantitative estimate of drug-likeness (QED) is 0.790. The number of piperidine rings is 1. The Hall–Kier alpha value is -0.0800. The lowest BCUT2D eigenvalue weighted by Gasteiger charge is -2.39. The van der Waals surface area contributed by atoms with E-state index >= 15 is 0 Å². The van der Waals surface area contributed by atoms with E-state index < -0.39 is 0 Å². The summed E-state index contributed by atoms with van der Waals surface area (Å²) >= 11 is 0. The van der Waals surface area contributed by atoms with Crippen molar-refractivity contribution >= 4 is 0 Å². The van der Waals surface area contributed by atoms with Crippen LogP contribution in [0.4, 0.5) is 0 Å². The average molecular weight is 224 g/mol. The highest BCUT2D eigenvalue weighted by atomic mass is 15.2. The first-order chi connectivity index (χ1) is 7.81. The Kier molecular flexibility index (Phi) is 4.66. The van der Waals surface area contributed by atoms with Crippen LogP contribution in [-0.2, 0) is 0 Å². The third kappa shape index (κ3) is 2.98. The lowest BCUT2D eigenvalue weighted by atomic mass is 9.89. The number of hydrogen-bond donors (Lipinski definition) is 1. The Bertz CT molecular complexity index is 199. The molecule has 2 saturated heterocycles. The van der Waals surface area contributed by atoms with Crippen LogP contribution in [0.1, 0.15) is 52.4 Å². The summed E-state index contributed by atoms with van der Waals surface area (Å²) in [5.74, 6) is 0.926. The molecule has 0 bridgehead atoms. The maximum absolute atomic E-state index is 3.69. The molecule has 0 saturated carbocycles. The monoisotopic (exact) mass is 224 g/mol. The topological polar surface area (TPSA) is 15.3 Å². The van der Waals surface area contributed by atoms with Crippen LogP contribution >= 0.6 is 0 Å². The van der Waals surface area contributed by atoms with Gasteiger partial charge in [-0.25, -0.2) is 0 Å². The first-order valence-corrected chi connectivity index (χ1v) is 7.28. The summed E-state index contributed by atoms with van der Waals surface area (Å²) in [6.07, 6.45) is 8.37. The van der Waals surface area contributed by atoms with Crippen molar-refractivity contribution in [2.45, 2.75) is 64.5 Å². The molecule has 2 aliphatic rings. The van der Waals surface area contributed by atoms with Crippen LogP contribution in [0, 0.1) is 5.92 Å². The second kappa shape index (κ2) is 6.02. The summed E-state index contributed by atoms with van der Waals surface area (Å²) in [5.41, 5.74) is 0. The smallest absolute Gasteiger partial charge is 0.0108 e. The molecule has 0 spiro atoms. The molecule has 2 nitrogen and oxygen atoms in total. The Morgan fingerprint density at radius 2 is 2.19 bits per heavy atom. The van der Waals surface area contributed by atoms with Crippen molar-refractivity contribution in [1.82, 2.24) is 10.2 Å². The molecule has 0 amide bonds. The van der Waals surface area contributed by atoms with E-state index in [0.717, 1.165) is 18.0 Å². The van der Waals surface area contributed by atoms with Crippen LogP contribution in [0.5, 0.6) is 0 Å². The molecule has 0 aromatic rings. The van der Waals surface area contributed by atoms with Crippen LogP contribution < -0.4 is 5.32 Å². The third-order valence-corrected chi connectivity index (χ3v) is 4.49. The molecule has 0 aromatic carbocycles. The highest BCUT2D eigenvalue weighted by Gasteiger charge is 2.30. The number of rotatable bonds is 4. The van der Waals surface area contributed by atoms with Crippen LogP contribution in [0.15, 0.2) is 0 Å². The Labute approximate surface area is 101 Å². The molecule has 94 valence electrons. The molecule has 0 radical (unpaired) electrons. The molecule has 16 heavy (non-hydrogen) atoms. The normalized spacial score (nSPS) is 34.1. The minimum atomic E-state index is 0.800.